The second-order valence-corrected chi connectivity index (χ2v) is 4.74. The van der Waals surface area contributed by atoms with Crippen molar-refractivity contribution in [1.29, 1.82) is 0 Å². The molecule has 3 N–H and O–H groups in total. The maximum absolute atomic E-state index is 5.82. The molecular weight excluding hydrogens is 250 g/mol. The standard InChI is InChI=1S/C11H11N5OS/c1-6-13-11(16-15-6)18-5-9-14-10-7(12)3-2-4-8(10)17-9/h2-4H,5,12H2,1H3,(H,13,15,16). The third kappa shape index (κ3) is 2.04. The number of nitrogens with two attached hydrogens (primary N) is 1. The smallest absolute Gasteiger partial charge is 0.208 e. The van der Waals surface area contributed by atoms with E-state index in [0.29, 0.717) is 33.6 Å². The Kier molecular flexibility index (Phi) is 2.67. The minimum atomic E-state index is 0.575. The van der Waals surface area contributed by atoms with Gasteiger partial charge in [-0.1, -0.05) is 17.8 Å². The van der Waals surface area contributed by atoms with Crippen LogP contribution in [0, 0.1) is 6.92 Å². The van der Waals surface area contributed by atoms with Crippen LogP contribution in [0.5, 0.6) is 0 Å². The molecule has 7 heteroatoms. The predicted octanol–water partition coefficient (Wildman–Crippen LogP) is 2.13. The quantitative estimate of drug-likeness (QED) is 0.554. The van der Waals surface area contributed by atoms with Crippen LogP contribution in [-0.4, -0.2) is 20.2 Å². The molecule has 3 aromatic rings. The number of thioether (sulfide) groups is 1. The molecule has 2 heterocycles. The van der Waals surface area contributed by atoms with Gasteiger partial charge in [-0.3, -0.25) is 5.10 Å². The topological polar surface area (TPSA) is 93.6 Å². The van der Waals surface area contributed by atoms with Gasteiger partial charge in [0.05, 0.1) is 11.4 Å². The predicted molar refractivity (Wildman–Crippen MR) is 69.1 cm³/mol. The van der Waals surface area contributed by atoms with Crippen LogP contribution in [0.3, 0.4) is 0 Å². The number of H-pyrrole nitrogens is 1. The number of aryl methyl sites for hydroxylation is 1. The molecule has 3 rings (SSSR count). The van der Waals surface area contributed by atoms with Crippen molar-refractivity contribution in [2.75, 3.05) is 5.73 Å². The first-order valence-corrected chi connectivity index (χ1v) is 6.36. The molecule has 0 spiro atoms. The Morgan fingerprint density at radius 2 is 2.28 bits per heavy atom. The Hall–Kier alpha value is -2.02. The Labute approximate surface area is 107 Å². The Morgan fingerprint density at radius 1 is 1.39 bits per heavy atom. The molecule has 0 amide bonds. The number of rotatable bonds is 3. The summed E-state index contributed by atoms with van der Waals surface area (Å²) < 4.78 is 5.60. The monoisotopic (exact) mass is 261 g/mol. The summed E-state index contributed by atoms with van der Waals surface area (Å²) in [6.07, 6.45) is 0. The van der Waals surface area contributed by atoms with E-state index in [0.717, 1.165) is 5.82 Å². The van der Waals surface area contributed by atoms with E-state index < -0.39 is 0 Å². The van der Waals surface area contributed by atoms with Gasteiger partial charge in [0.25, 0.3) is 0 Å². The van der Waals surface area contributed by atoms with Crippen molar-refractivity contribution in [3.63, 3.8) is 0 Å². The highest BCUT2D eigenvalue weighted by Crippen LogP contribution is 2.25. The van der Waals surface area contributed by atoms with E-state index in [1.165, 1.54) is 11.8 Å². The van der Waals surface area contributed by atoms with Gasteiger partial charge in [0.15, 0.2) is 5.58 Å². The molecule has 0 fully saturated rings. The summed E-state index contributed by atoms with van der Waals surface area (Å²) in [5, 5.41) is 7.51. The number of aromatic nitrogens is 4. The number of fused-ring (bicyclic) bond motifs is 1. The van der Waals surface area contributed by atoms with Crippen molar-refractivity contribution in [2.45, 2.75) is 17.8 Å². The highest BCUT2D eigenvalue weighted by atomic mass is 32.2. The van der Waals surface area contributed by atoms with Crippen LogP contribution in [-0.2, 0) is 5.75 Å². The van der Waals surface area contributed by atoms with E-state index in [1.54, 1.807) is 6.07 Å². The van der Waals surface area contributed by atoms with Crippen molar-refractivity contribution < 1.29 is 4.42 Å². The van der Waals surface area contributed by atoms with Crippen molar-refractivity contribution in [3.05, 3.63) is 29.9 Å². The number of anilines is 1. The Morgan fingerprint density at radius 3 is 3.00 bits per heavy atom. The van der Waals surface area contributed by atoms with E-state index in [4.69, 9.17) is 10.2 Å². The van der Waals surface area contributed by atoms with Gasteiger partial charge in [-0.05, 0) is 19.1 Å². The van der Waals surface area contributed by atoms with Gasteiger partial charge in [-0.25, -0.2) is 9.97 Å². The van der Waals surface area contributed by atoms with Gasteiger partial charge in [0.2, 0.25) is 11.0 Å². The molecule has 0 aliphatic rings. The largest absolute Gasteiger partial charge is 0.440 e. The number of oxazole rings is 1. The van der Waals surface area contributed by atoms with Crippen LogP contribution in [0.1, 0.15) is 11.7 Å². The third-order valence-corrected chi connectivity index (χ3v) is 3.23. The molecule has 6 nitrogen and oxygen atoms in total. The molecule has 0 bridgehead atoms. The molecule has 0 saturated carbocycles. The Balaban J connectivity index is 1.81. The second kappa shape index (κ2) is 4.34. The molecule has 0 aliphatic heterocycles. The summed E-state index contributed by atoms with van der Waals surface area (Å²) in [4.78, 5) is 8.56. The van der Waals surface area contributed by atoms with Gasteiger partial charge in [0.1, 0.15) is 11.3 Å². The lowest BCUT2D eigenvalue weighted by Gasteiger charge is -1.90. The van der Waals surface area contributed by atoms with Gasteiger partial charge in [0, 0.05) is 0 Å². The molecular formula is C11H11N5OS. The van der Waals surface area contributed by atoms with Crippen LogP contribution in [0.4, 0.5) is 5.69 Å². The summed E-state index contributed by atoms with van der Waals surface area (Å²) in [7, 11) is 0. The van der Waals surface area contributed by atoms with Gasteiger partial charge in [-0.15, -0.1) is 5.10 Å². The van der Waals surface area contributed by atoms with Crippen molar-refractivity contribution in [2.24, 2.45) is 0 Å². The fraction of sp³-hybridized carbons (Fsp3) is 0.182. The van der Waals surface area contributed by atoms with E-state index in [1.807, 2.05) is 19.1 Å². The minimum Gasteiger partial charge on any atom is -0.440 e. The maximum atomic E-state index is 5.82. The summed E-state index contributed by atoms with van der Waals surface area (Å²) in [5.41, 5.74) is 7.86. The molecule has 0 atom stereocenters. The summed E-state index contributed by atoms with van der Waals surface area (Å²) in [5.74, 6) is 1.99. The van der Waals surface area contributed by atoms with Crippen molar-refractivity contribution in [3.8, 4) is 0 Å². The zero-order valence-corrected chi connectivity index (χ0v) is 10.5. The van der Waals surface area contributed by atoms with E-state index in [9.17, 15) is 0 Å². The van der Waals surface area contributed by atoms with Crippen molar-refractivity contribution >= 4 is 28.5 Å². The van der Waals surface area contributed by atoms with Crippen molar-refractivity contribution in [1.82, 2.24) is 20.2 Å². The number of nitrogens with one attached hydrogen (secondary N) is 1. The SMILES string of the molecule is Cc1nc(SCc2nc3c(N)cccc3o2)n[nH]1. The fourth-order valence-corrected chi connectivity index (χ4v) is 2.28. The molecule has 18 heavy (non-hydrogen) atoms. The third-order valence-electron chi connectivity index (χ3n) is 2.40. The van der Waals surface area contributed by atoms with E-state index in [-0.39, 0.29) is 0 Å². The number of hydrogen-bond donors (Lipinski definition) is 2. The molecule has 1 aromatic carbocycles. The zero-order chi connectivity index (χ0) is 12.5. The number of hydrogen-bond acceptors (Lipinski definition) is 6. The summed E-state index contributed by atoms with van der Waals surface area (Å²) in [6.45, 7) is 1.86. The number of nitrogens with zero attached hydrogens (tertiary/aromatic N) is 3. The summed E-state index contributed by atoms with van der Waals surface area (Å²) in [6, 6.07) is 5.50. The number of benzene rings is 1. The number of para-hydroxylation sites is 1. The first-order chi connectivity index (χ1) is 8.72. The molecule has 0 unspecified atom stereocenters. The first kappa shape index (κ1) is 11.1. The lowest BCUT2D eigenvalue weighted by molar-refractivity contribution is 0.556. The van der Waals surface area contributed by atoms with Crippen LogP contribution < -0.4 is 5.73 Å². The van der Waals surface area contributed by atoms with Gasteiger partial charge in [-0.2, -0.15) is 0 Å². The number of nitrogen functional groups attached to an aromatic ring is 1. The number of aromatic amines is 1. The van der Waals surface area contributed by atoms with Crippen LogP contribution in [0.2, 0.25) is 0 Å². The minimum absolute atomic E-state index is 0.575. The zero-order valence-electron chi connectivity index (χ0n) is 9.67. The molecule has 0 saturated heterocycles. The first-order valence-electron chi connectivity index (χ1n) is 5.38. The summed E-state index contributed by atoms with van der Waals surface area (Å²) >= 11 is 1.46. The highest BCUT2D eigenvalue weighted by molar-refractivity contribution is 7.98. The highest BCUT2D eigenvalue weighted by Gasteiger charge is 2.09. The fourth-order valence-electron chi connectivity index (χ4n) is 1.59. The van der Waals surface area contributed by atoms with Crippen LogP contribution in [0.15, 0.2) is 27.8 Å². The maximum Gasteiger partial charge on any atom is 0.208 e. The average Bonchev–Trinajstić information content (AvgIpc) is 2.93. The van der Waals surface area contributed by atoms with Crippen LogP contribution in [0.25, 0.3) is 11.1 Å². The molecule has 92 valence electrons. The van der Waals surface area contributed by atoms with Gasteiger partial charge < -0.3 is 10.2 Å². The van der Waals surface area contributed by atoms with E-state index in [2.05, 4.69) is 20.2 Å². The molecule has 2 aromatic heterocycles. The normalized spacial score (nSPS) is 11.2. The Bertz CT molecular complexity index is 690. The lowest BCUT2D eigenvalue weighted by atomic mass is 10.3. The van der Waals surface area contributed by atoms with Gasteiger partial charge >= 0.3 is 0 Å². The lowest BCUT2D eigenvalue weighted by Crippen LogP contribution is -1.86. The average molecular weight is 261 g/mol. The molecule has 0 aliphatic carbocycles. The molecule has 0 radical (unpaired) electrons. The van der Waals surface area contributed by atoms with Crippen LogP contribution >= 0.6 is 11.8 Å². The second-order valence-electron chi connectivity index (χ2n) is 3.79. The van der Waals surface area contributed by atoms with E-state index >= 15 is 0 Å².